The molecule has 3 heteroatoms. The van der Waals surface area contributed by atoms with Gasteiger partial charge in [-0.25, -0.2) is 5.84 Å². The second kappa shape index (κ2) is 4.70. The van der Waals surface area contributed by atoms with Gasteiger partial charge in [0.25, 0.3) is 0 Å². The minimum absolute atomic E-state index is 0.701. The smallest absolute Gasteiger partial charge is 0.0610 e. The molecule has 0 spiro atoms. The molecular weight excluding hydrogens is 222 g/mol. The van der Waals surface area contributed by atoms with Crippen molar-refractivity contribution in [3.05, 3.63) is 66.2 Å². The van der Waals surface area contributed by atoms with Gasteiger partial charge in [0.1, 0.15) is 0 Å². The first-order valence-corrected chi connectivity index (χ1v) is 5.92. The van der Waals surface area contributed by atoms with Gasteiger partial charge in [-0.1, -0.05) is 31.4 Å². The van der Waals surface area contributed by atoms with Crippen molar-refractivity contribution in [1.29, 1.82) is 0 Å². The largest absolute Gasteiger partial charge is 0.350 e. The lowest BCUT2D eigenvalue weighted by Crippen LogP contribution is -2.28. The van der Waals surface area contributed by atoms with Crippen molar-refractivity contribution in [2.24, 2.45) is 12.9 Å². The van der Waals surface area contributed by atoms with Crippen LogP contribution in [-0.2, 0) is 13.6 Å². The number of nitrogens with zero attached hydrogens (tertiary/aromatic N) is 2. The zero-order valence-corrected chi connectivity index (χ0v) is 11.0. The molecule has 18 heavy (non-hydrogen) atoms. The van der Waals surface area contributed by atoms with Crippen LogP contribution in [-0.4, -0.2) is 9.58 Å². The maximum atomic E-state index is 6.09. The number of nitrogens with two attached hydrogens (primary N) is 1. The SMILES string of the molecule is C=C/C=C\C1=C(C)N(N)Cc2ccn(C)c2C1=C. The van der Waals surface area contributed by atoms with Crippen LogP contribution in [0, 0.1) is 0 Å². The van der Waals surface area contributed by atoms with Crippen molar-refractivity contribution in [2.75, 3.05) is 0 Å². The molecule has 0 aromatic carbocycles. The molecule has 0 unspecified atom stereocenters. The summed E-state index contributed by atoms with van der Waals surface area (Å²) in [7, 11) is 2.03. The van der Waals surface area contributed by atoms with E-state index in [1.165, 1.54) is 5.56 Å². The minimum atomic E-state index is 0.701. The molecule has 1 aromatic heterocycles. The first-order valence-electron chi connectivity index (χ1n) is 5.92. The summed E-state index contributed by atoms with van der Waals surface area (Å²) in [5, 5.41) is 1.76. The monoisotopic (exact) mass is 241 g/mol. The van der Waals surface area contributed by atoms with Crippen molar-refractivity contribution in [2.45, 2.75) is 13.5 Å². The molecule has 0 fully saturated rings. The molecule has 0 atom stereocenters. The normalized spacial score (nSPS) is 16.2. The van der Waals surface area contributed by atoms with Gasteiger partial charge in [-0.3, -0.25) is 0 Å². The van der Waals surface area contributed by atoms with E-state index in [-0.39, 0.29) is 0 Å². The van der Waals surface area contributed by atoms with Crippen molar-refractivity contribution >= 4 is 5.57 Å². The Balaban J connectivity index is 2.59. The number of aromatic nitrogens is 1. The van der Waals surface area contributed by atoms with Crippen molar-refractivity contribution in [1.82, 2.24) is 9.58 Å². The Bertz CT molecular complexity index is 558. The molecule has 3 nitrogen and oxygen atoms in total. The van der Waals surface area contributed by atoms with Crippen LogP contribution in [0.3, 0.4) is 0 Å². The fourth-order valence-electron chi connectivity index (χ4n) is 2.30. The summed E-state index contributed by atoms with van der Waals surface area (Å²) in [4.78, 5) is 0. The molecule has 94 valence electrons. The quantitative estimate of drug-likeness (QED) is 0.638. The lowest BCUT2D eigenvalue weighted by Gasteiger charge is -2.18. The Morgan fingerprint density at radius 3 is 2.83 bits per heavy atom. The number of hydrogen-bond donors (Lipinski definition) is 1. The highest BCUT2D eigenvalue weighted by atomic mass is 15.4. The van der Waals surface area contributed by atoms with E-state index in [2.05, 4.69) is 23.8 Å². The second-order valence-corrected chi connectivity index (χ2v) is 4.50. The number of hydrogen-bond acceptors (Lipinski definition) is 2. The van der Waals surface area contributed by atoms with E-state index in [0.29, 0.717) is 6.54 Å². The maximum Gasteiger partial charge on any atom is 0.0610 e. The van der Waals surface area contributed by atoms with Gasteiger partial charge in [0.2, 0.25) is 0 Å². The van der Waals surface area contributed by atoms with Crippen LogP contribution in [0.5, 0.6) is 0 Å². The Morgan fingerprint density at radius 1 is 1.44 bits per heavy atom. The van der Waals surface area contributed by atoms with E-state index in [4.69, 9.17) is 5.84 Å². The predicted octanol–water partition coefficient (Wildman–Crippen LogP) is 2.74. The third-order valence-electron chi connectivity index (χ3n) is 3.33. The number of aryl methyl sites for hydroxylation is 1. The first-order chi connectivity index (χ1) is 8.56. The summed E-state index contributed by atoms with van der Waals surface area (Å²) in [6.07, 6.45) is 7.71. The zero-order chi connectivity index (χ0) is 13.3. The second-order valence-electron chi connectivity index (χ2n) is 4.50. The summed E-state index contributed by atoms with van der Waals surface area (Å²) >= 11 is 0. The van der Waals surface area contributed by atoms with Crippen molar-refractivity contribution < 1.29 is 0 Å². The summed E-state index contributed by atoms with van der Waals surface area (Å²) in [5.74, 6) is 6.09. The molecule has 0 saturated carbocycles. The summed E-state index contributed by atoms with van der Waals surface area (Å²) in [5.41, 5.74) is 5.42. The topological polar surface area (TPSA) is 34.2 Å². The molecule has 0 amide bonds. The van der Waals surface area contributed by atoms with E-state index in [0.717, 1.165) is 22.5 Å². The Kier molecular flexibility index (Phi) is 3.26. The van der Waals surface area contributed by atoms with Crippen molar-refractivity contribution in [3.63, 3.8) is 0 Å². The van der Waals surface area contributed by atoms with Crippen LogP contribution < -0.4 is 5.84 Å². The molecule has 2 heterocycles. The summed E-state index contributed by atoms with van der Waals surface area (Å²) in [6.45, 7) is 10.6. The Labute approximate surface area is 108 Å². The number of fused-ring (bicyclic) bond motifs is 1. The molecular formula is C15H19N3. The van der Waals surface area contributed by atoms with Crippen LogP contribution in [0.2, 0.25) is 0 Å². The highest BCUT2D eigenvalue weighted by Gasteiger charge is 2.21. The standard InChI is InChI=1S/C15H19N3/c1-5-6-7-14-11(2)15-13(8-9-17(15)4)10-18(16)12(14)3/h5-9H,1-2,10,16H2,3-4H3/b7-6-. The van der Waals surface area contributed by atoms with Gasteiger partial charge < -0.3 is 9.58 Å². The lowest BCUT2D eigenvalue weighted by molar-refractivity contribution is 0.352. The van der Waals surface area contributed by atoms with Gasteiger partial charge in [-0.05, 0) is 18.6 Å². The van der Waals surface area contributed by atoms with Gasteiger partial charge in [-0.2, -0.15) is 0 Å². The minimum Gasteiger partial charge on any atom is -0.350 e. The van der Waals surface area contributed by atoms with E-state index < -0.39 is 0 Å². The van der Waals surface area contributed by atoms with Gasteiger partial charge in [0, 0.05) is 30.1 Å². The van der Waals surface area contributed by atoms with E-state index in [9.17, 15) is 0 Å². The van der Waals surface area contributed by atoms with E-state index >= 15 is 0 Å². The highest BCUT2D eigenvalue weighted by molar-refractivity contribution is 5.81. The predicted molar refractivity (Wildman–Crippen MR) is 76.2 cm³/mol. The molecule has 2 N–H and O–H groups in total. The number of rotatable bonds is 2. The molecule has 1 aromatic rings. The summed E-state index contributed by atoms with van der Waals surface area (Å²) in [6, 6.07) is 2.09. The van der Waals surface area contributed by atoms with Crippen LogP contribution >= 0.6 is 0 Å². The van der Waals surface area contributed by atoms with Crippen LogP contribution in [0.4, 0.5) is 0 Å². The van der Waals surface area contributed by atoms with Gasteiger partial charge in [0.15, 0.2) is 0 Å². The first kappa shape index (κ1) is 12.5. The molecule has 0 aliphatic carbocycles. The number of hydrazine groups is 1. The fraction of sp³-hybridized carbons (Fsp3) is 0.200. The van der Waals surface area contributed by atoms with Gasteiger partial charge in [0.05, 0.1) is 12.2 Å². The molecule has 0 radical (unpaired) electrons. The van der Waals surface area contributed by atoms with Crippen LogP contribution in [0.1, 0.15) is 18.2 Å². The lowest BCUT2D eigenvalue weighted by atomic mass is 10.0. The third-order valence-corrected chi connectivity index (χ3v) is 3.33. The number of allylic oxidation sites excluding steroid dienone is 6. The van der Waals surface area contributed by atoms with Crippen LogP contribution in [0.15, 0.2) is 54.9 Å². The molecule has 1 aliphatic heterocycles. The Morgan fingerprint density at radius 2 is 2.17 bits per heavy atom. The Hall–Kier alpha value is -2.00. The third kappa shape index (κ3) is 1.93. The van der Waals surface area contributed by atoms with E-state index in [1.807, 2.05) is 32.3 Å². The molecule has 1 aliphatic rings. The van der Waals surface area contributed by atoms with Crippen LogP contribution in [0.25, 0.3) is 5.57 Å². The molecule has 0 saturated heterocycles. The van der Waals surface area contributed by atoms with Crippen molar-refractivity contribution in [3.8, 4) is 0 Å². The van der Waals surface area contributed by atoms with Gasteiger partial charge >= 0.3 is 0 Å². The fourth-order valence-corrected chi connectivity index (χ4v) is 2.30. The summed E-state index contributed by atoms with van der Waals surface area (Å²) < 4.78 is 2.09. The molecule has 2 rings (SSSR count). The average molecular weight is 241 g/mol. The molecule has 0 bridgehead atoms. The van der Waals surface area contributed by atoms with Gasteiger partial charge in [-0.15, -0.1) is 0 Å². The van der Waals surface area contributed by atoms with E-state index in [1.54, 1.807) is 11.1 Å². The average Bonchev–Trinajstić information content (AvgIpc) is 2.66. The zero-order valence-electron chi connectivity index (χ0n) is 11.0. The highest BCUT2D eigenvalue weighted by Crippen LogP contribution is 2.32. The maximum absolute atomic E-state index is 6.09.